The van der Waals surface area contributed by atoms with Gasteiger partial charge in [0, 0.05) is 13.6 Å². The highest BCUT2D eigenvalue weighted by Crippen LogP contribution is 2.33. The Morgan fingerprint density at radius 3 is 2.74 bits per heavy atom. The average molecular weight is 316 g/mol. The monoisotopic (exact) mass is 316 g/mol. The Morgan fingerprint density at radius 1 is 1.43 bits per heavy atom. The first-order chi connectivity index (χ1) is 11.0. The maximum Gasteiger partial charge on any atom is 0.255 e. The van der Waals surface area contributed by atoms with Gasteiger partial charge >= 0.3 is 0 Å². The number of hydrogen-bond donors (Lipinski definition) is 0. The van der Waals surface area contributed by atoms with E-state index in [1.807, 2.05) is 31.2 Å². The quantitative estimate of drug-likeness (QED) is 0.620. The fourth-order valence-corrected chi connectivity index (χ4v) is 2.70. The highest BCUT2D eigenvalue weighted by Gasteiger charge is 2.33. The molecule has 5 heteroatoms. The molecule has 1 aliphatic rings. The summed E-state index contributed by atoms with van der Waals surface area (Å²) in [7, 11) is 1.75. The lowest BCUT2D eigenvalue weighted by atomic mass is 10.1. The fraction of sp³-hybridized carbons (Fsp3) is 0.444. The van der Waals surface area contributed by atoms with Crippen LogP contribution in [0, 0.1) is 5.92 Å². The van der Waals surface area contributed by atoms with Crippen molar-refractivity contribution in [2.45, 2.75) is 26.4 Å². The molecule has 1 heterocycles. The molecule has 124 valence electrons. The van der Waals surface area contributed by atoms with Crippen LogP contribution in [0.15, 0.2) is 36.9 Å². The van der Waals surface area contributed by atoms with E-state index in [0.717, 1.165) is 11.4 Å². The number of ether oxygens (including phenoxy) is 1. The van der Waals surface area contributed by atoms with E-state index in [0.29, 0.717) is 19.6 Å². The fourth-order valence-electron chi connectivity index (χ4n) is 2.70. The molecule has 0 bridgehead atoms. The SMILES string of the molecule is C=CCCOC(C)C(=O)N1CC(C)C(=O)N(C)c2ccccc21. The van der Waals surface area contributed by atoms with Gasteiger partial charge in [0.05, 0.1) is 23.9 Å². The molecule has 0 radical (unpaired) electrons. The van der Waals surface area contributed by atoms with E-state index in [2.05, 4.69) is 6.58 Å². The number of anilines is 2. The van der Waals surface area contributed by atoms with E-state index in [-0.39, 0.29) is 17.7 Å². The highest BCUT2D eigenvalue weighted by molar-refractivity contribution is 6.06. The average Bonchev–Trinajstić information content (AvgIpc) is 2.65. The van der Waals surface area contributed by atoms with Gasteiger partial charge in [0.2, 0.25) is 5.91 Å². The Labute approximate surface area is 137 Å². The van der Waals surface area contributed by atoms with Gasteiger partial charge in [-0.25, -0.2) is 0 Å². The molecular weight excluding hydrogens is 292 g/mol. The molecule has 1 aromatic carbocycles. The standard InChI is InChI=1S/C18H24N2O3/c1-5-6-11-23-14(3)18(22)20-12-13(2)17(21)19(4)15-9-7-8-10-16(15)20/h5,7-10,13-14H,1,6,11-12H2,2-4H3. The van der Waals surface area contributed by atoms with E-state index in [1.165, 1.54) is 0 Å². The van der Waals surface area contributed by atoms with Crippen LogP contribution < -0.4 is 9.80 Å². The zero-order valence-corrected chi connectivity index (χ0v) is 14.0. The number of para-hydroxylation sites is 2. The Balaban J connectivity index is 2.29. The molecule has 1 aromatic rings. The first-order valence-electron chi connectivity index (χ1n) is 7.87. The minimum absolute atomic E-state index is 0.00739. The summed E-state index contributed by atoms with van der Waals surface area (Å²) >= 11 is 0. The normalized spacial score (nSPS) is 19.1. The first-order valence-corrected chi connectivity index (χ1v) is 7.87. The third-order valence-electron chi connectivity index (χ3n) is 4.05. The van der Waals surface area contributed by atoms with Crippen molar-refractivity contribution in [1.82, 2.24) is 0 Å². The van der Waals surface area contributed by atoms with Crippen molar-refractivity contribution in [2.75, 3.05) is 30.0 Å². The summed E-state index contributed by atoms with van der Waals surface area (Å²) in [6.45, 7) is 8.04. The van der Waals surface area contributed by atoms with Crippen LogP contribution in [0.25, 0.3) is 0 Å². The predicted molar refractivity (Wildman–Crippen MR) is 91.6 cm³/mol. The van der Waals surface area contributed by atoms with E-state index < -0.39 is 6.10 Å². The Kier molecular flexibility index (Phi) is 5.55. The Bertz CT molecular complexity index is 600. The van der Waals surface area contributed by atoms with Gasteiger partial charge in [0.1, 0.15) is 6.10 Å². The molecule has 2 unspecified atom stereocenters. The molecule has 2 amide bonds. The van der Waals surface area contributed by atoms with Crippen LogP contribution in [-0.4, -0.2) is 38.1 Å². The summed E-state index contributed by atoms with van der Waals surface area (Å²) < 4.78 is 5.58. The van der Waals surface area contributed by atoms with Gasteiger partial charge in [0.25, 0.3) is 5.91 Å². The van der Waals surface area contributed by atoms with Gasteiger partial charge in [0.15, 0.2) is 0 Å². The first kappa shape index (κ1) is 17.2. The number of hydrogen-bond acceptors (Lipinski definition) is 3. The molecule has 0 spiro atoms. The molecule has 0 aliphatic carbocycles. The second kappa shape index (κ2) is 7.42. The summed E-state index contributed by atoms with van der Waals surface area (Å²) in [5, 5.41) is 0. The number of amides is 2. The van der Waals surface area contributed by atoms with Crippen molar-refractivity contribution in [1.29, 1.82) is 0 Å². The molecule has 0 N–H and O–H groups in total. The molecule has 1 aliphatic heterocycles. The topological polar surface area (TPSA) is 49.9 Å². The Morgan fingerprint density at radius 2 is 2.09 bits per heavy atom. The smallest absolute Gasteiger partial charge is 0.255 e. The van der Waals surface area contributed by atoms with Gasteiger partial charge in [-0.05, 0) is 25.5 Å². The number of rotatable bonds is 5. The lowest BCUT2D eigenvalue weighted by Crippen LogP contribution is -2.42. The van der Waals surface area contributed by atoms with Crippen LogP contribution in [-0.2, 0) is 14.3 Å². The maximum absolute atomic E-state index is 12.8. The third-order valence-corrected chi connectivity index (χ3v) is 4.05. The van der Waals surface area contributed by atoms with Crippen molar-refractivity contribution in [3.63, 3.8) is 0 Å². The highest BCUT2D eigenvalue weighted by atomic mass is 16.5. The largest absolute Gasteiger partial charge is 0.368 e. The molecular formula is C18H24N2O3. The van der Waals surface area contributed by atoms with Gasteiger partial charge < -0.3 is 14.5 Å². The molecule has 0 aromatic heterocycles. The second-order valence-corrected chi connectivity index (χ2v) is 5.83. The van der Waals surface area contributed by atoms with E-state index in [9.17, 15) is 9.59 Å². The van der Waals surface area contributed by atoms with Crippen LogP contribution in [0.3, 0.4) is 0 Å². The molecule has 0 saturated heterocycles. The molecule has 5 nitrogen and oxygen atoms in total. The zero-order valence-electron chi connectivity index (χ0n) is 14.0. The van der Waals surface area contributed by atoms with Crippen LogP contribution in [0.4, 0.5) is 11.4 Å². The van der Waals surface area contributed by atoms with Gasteiger partial charge in [-0.3, -0.25) is 9.59 Å². The van der Waals surface area contributed by atoms with Gasteiger partial charge in [-0.15, -0.1) is 6.58 Å². The van der Waals surface area contributed by atoms with Crippen molar-refractivity contribution >= 4 is 23.2 Å². The van der Waals surface area contributed by atoms with Crippen molar-refractivity contribution in [3.05, 3.63) is 36.9 Å². The van der Waals surface area contributed by atoms with Crippen LogP contribution in [0.1, 0.15) is 20.3 Å². The van der Waals surface area contributed by atoms with Gasteiger partial charge in [-0.1, -0.05) is 25.1 Å². The summed E-state index contributed by atoms with van der Waals surface area (Å²) in [6, 6.07) is 7.46. The van der Waals surface area contributed by atoms with Crippen LogP contribution in [0.5, 0.6) is 0 Å². The number of benzene rings is 1. The summed E-state index contributed by atoms with van der Waals surface area (Å²) in [5.41, 5.74) is 1.49. The molecule has 0 saturated carbocycles. The molecule has 2 rings (SSSR count). The lowest BCUT2D eigenvalue weighted by molar-refractivity contribution is -0.129. The Hall–Kier alpha value is -2.14. The molecule has 0 fully saturated rings. The number of carbonyl (C=O) groups excluding carboxylic acids is 2. The number of fused-ring (bicyclic) bond motifs is 1. The van der Waals surface area contributed by atoms with Gasteiger partial charge in [-0.2, -0.15) is 0 Å². The minimum Gasteiger partial charge on any atom is -0.368 e. The molecule has 2 atom stereocenters. The summed E-state index contributed by atoms with van der Waals surface area (Å²) in [6.07, 6.45) is 1.90. The molecule has 23 heavy (non-hydrogen) atoms. The van der Waals surface area contributed by atoms with Crippen molar-refractivity contribution in [2.24, 2.45) is 5.92 Å². The van der Waals surface area contributed by atoms with Crippen molar-refractivity contribution in [3.8, 4) is 0 Å². The minimum atomic E-state index is -0.561. The number of carbonyl (C=O) groups is 2. The number of nitrogens with zero attached hydrogens (tertiary/aromatic N) is 2. The third kappa shape index (κ3) is 3.62. The summed E-state index contributed by atoms with van der Waals surface area (Å²) in [4.78, 5) is 28.5. The maximum atomic E-state index is 12.8. The van der Waals surface area contributed by atoms with E-state index >= 15 is 0 Å². The van der Waals surface area contributed by atoms with Crippen LogP contribution in [0.2, 0.25) is 0 Å². The lowest BCUT2D eigenvalue weighted by Gasteiger charge is -2.26. The summed E-state index contributed by atoms with van der Waals surface area (Å²) in [5.74, 6) is -0.388. The predicted octanol–water partition coefficient (Wildman–Crippen LogP) is 2.61. The second-order valence-electron chi connectivity index (χ2n) is 5.83. The van der Waals surface area contributed by atoms with E-state index in [4.69, 9.17) is 4.74 Å². The van der Waals surface area contributed by atoms with Crippen molar-refractivity contribution < 1.29 is 14.3 Å². The van der Waals surface area contributed by atoms with Crippen LogP contribution >= 0.6 is 0 Å². The zero-order chi connectivity index (χ0) is 17.0. The van der Waals surface area contributed by atoms with E-state index in [1.54, 1.807) is 29.8 Å².